The van der Waals surface area contributed by atoms with Gasteiger partial charge in [0.05, 0.1) is 5.01 Å². The van der Waals surface area contributed by atoms with Crippen molar-refractivity contribution in [1.82, 2.24) is 10.3 Å². The number of rotatable bonds is 3. The lowest BCUT2D eigenvalue weighted by atomic mass is 10.2. The highest BCUT2D eigenvalue weighted by atomic mass is 32.2. The van der Waals surface area contributed by atoms with Crippen LogP contribution in [0.2, 0.25) is 0 Å². The maximum Gasteiger partial charge on any atom is 0.0897 e. The molecule has 1 aromatic rings. The molecular formula is C10H16N2S2. The van der Waals surface area contributed by atoms with E-state index in [1.165, 1.54) is 17.1 Å². The maximum atomic E-state index is 4.25. The minimum absolute atomic E-state index is 0.697. The van der Waals surface area contributed by atoms with Crippen molar-refractivity contribution in [1.29, 1.82) is 0 Å². The number of nitrogens with zero attached hydrogens (tertiary/aromatic N) is 1. The summed E-state index contributed by atoms with van der Waals surface area (Å²) in [6.45, 7) is 5.36. The second-order valence-corrected chi connectivity index (χ2v) is 6.50. The smallest absolute Gasteiger partial charge is 0.0897 e. The minimum atomic E-state index is 0.697. The SMILES string of the molecule is Cc1ncc(CNC2CCSC2C)s1. The van der Waals surface area contributed by atoms with Crippen molar-refractivity contribution in [3.63, 3.8) is 0 Å². The summed E-state index contributed by atoms with van der Waals surface area (Å²) in [5.41, 5.74) is 0. The standard InChI is InChI=1S/C10H16N2S2/c1-7-10(3-4-13-7)12-6-9-5-11-8(2)14-9/h5,7,10,12H,3-4,6H2,1-2H3. The van der Waals surface area contributed by atoms with Gasteiger partial charge in [0.15, 0.2) is 0 Å². The zero-order valence-electron chi connectivity index (χ0n) is 8.62. The summed E-state index contributed by atoms with van der Waals surface area (Å²) < 4.78 is 0. The Hall–Kier alpha value is -0.0600. The molecule has 2 atom stereocenters. The van der Waals surface area contributed by atoms with Gasteiger partial charge in [-0.25, -0.2) is 4.98 Å². The topological polar surface area (TPSA) is 24.9 Å². The van der Waals surface area contributed by atoms with Crippen molar-refractivity contribution in [2.24, 2.45) is 0 Å². The third kappa shape index (κ3) is 2.49. The molecule has 2 rings (SSSR count). The van der Waals surface area contributed by atoms with Gasteiger partial charge in [0.25, 0.3) is 0 Å². The molecule has 78 valence electrons. The molecule has 1 aromatic heterocycles. The summed E-state index contributed by atoms with van der Waals surface area (Å²) in [4.78, 5) is 5.61. The molecule has 1 fully saturated rings. The predicted octanol–water partition coefficient (Wildman–Crippen LogP) is 2.44. The maximum absolute atomic E-state index is 4.25. The number of nitrogens with one attached hydrogen (secondary N) is 1. The molecule has 2 heterocycles. The number of hydrogen-bond acceptors (Lipinski definition) is 4. The number of aryl methyl sites for hydroxylation is 1. The Bertz CT molecular complexity index is 298. The van der Waals surface area contributed by atoms with Gasteiger partial charge in [-0.2, -0.15) is 11.8 Å². The van der Waals surface area contributed by atoms with E-state index in [4.69, 9.17) is 0 Å². The van der Waals surface area contributed by atoms with Crippen LogP contribution in [0, 0.1) is 6.92 Å². The van der Waals surface area contributed by atoms with E-state index in [9.17, 15) is 0 Å². The van der Waals surface area contributed by atoms with Crippen LogP contribution in [0.25, 0.3) is 0 Å². The van der Waals surface area contributed by atoms with E-state index in [1.54, 1.807) is 11.3 Å². The molecule has 0 radical (unpaired) electrons. The summed E-state index contributed by atoms with van der Waals surface area (Å²) >= 11 is 3.86. The van der Waals surface area contributed by atoms with Crippen LogP contribution in [0.1, 0.15) is 23.2 Å². The molecule has 1 aliphatic heterocycles. The lowest BCUT2D eigenvalue weighted by molar-refractivity contribution is 0.515. The molecule has 14 heavy (non-hydrogen) atoms. The average Bonchev–Trinajstić information content (AvgIpc) is 2.72. The largest absolute Gasteiger partial charge is 0.308 e. The first-order valence-corrected chi connectivity index (χ1v) is 6.88. The Labute approximate surface area is 93.5 Å². The van der Waals surface area contributed by atoms with Crippen molar-refractivity contribution < 1.29 is 0 Å². The van der Waals surface area contributed by atoms with Gasteiger partial charge in [0, 0.05) is 28.9 Å². The lowest BCUT2D eigenvalue weighted by Crippen LogP contribution is -2.32. The number of thioether (sulfide) groups is 1. The Morgan fingerprint density at radius 1 is 1.64 bits per heavy atom. The monoisotopic (exact) mass is 228 g/mol. The van der Waals surface area contributed by atoms with Crippen LogP contribution in [0.5, 0.6) is 0 Å². The number of aromatic nitrogens is 1. The number of thiazole rings is 1. The van der Waals surface area contributed by atoms with E-state index < -0.39 is 0 Å². The van der Waals surface area contributed by atoms with Crippen LogP contribution in [-0.2, 0) is 6.54 Å². The van der Waals surface area contributed by atoms with E-state index in [-0.39, 0.29) is 0 Å². The summed E-state index contributed by atoms with van der Waals surface area (Å²) in [6, 6.07) is 0.697. The molecule has 1 saturated heterocycles. The molecule has 0 aliphatic carbocycles. The quantitative estimate of drug-likeness (QED) is 0.860. The van der Waals surface area contributed by atoms with Gasteiger partial charge in [-0.15, -0.1) is 11.3 Å². The fraction of sp³-hybridized carbons (Fsp3) is 0.700. The fourth-order valence-electron chi connectivity index (χ4n) is 1.72. The molecule has 0 bridgehead atoms. The second kappa shape index (κ2) is 4.64. The molecule has 0 saturated carbocycles. The summed E-state index contributed by atoms with van der Waals surface area (Å²) in [6.07, 6.45) is 3.30. The molecule has 0 spiro atoms. The van der Waals surface area contributed by atoms with E-state index in [1.807, 2.05) is 6.20 Å². The van der Waals surface area contributed by atoms with E-state index >= 15 is 0 Å². The fourth-order valence-corrected chi connectivity index (χ4v) is 3.69. The first-order valence-electron chi connectivity index (χ1n) is 5.02. The Morgan fingerprint density at radius 2 is 2.50 bits per heavy atom. The third-order valence-corrected chi connectivity index (χ3v) is 4.82. The van der Waals surface area contributed by atoms with Crippen molar-refractivity contribution in [3.8, 4) is 0 Å². The Kier molecular flexibility index (Phi) is 3.47. The van der Waals surface area contributed by atoms with Gasteiger partial charge in [0.1, 0.15) is 0 Å². The van der Waals surface area contributed by atoms with Crippen LogP contribution >= 0.6 is 23.1 Å². The van der Waals surface area contributed by atoms with Gasteiger partial charge in [-0.05, 0) is 19.1 Å². The van der Waals surface area contributed by atoms with Crippen LogP contribution in [-0.4, -0.2) is 22.0 Å². The first kappa shape index (κ1) is 10.5. The van der Waals surface area contributed by atoms with Crippen molar-refractivity contribution >= 4 is 23.1 Å². The molecule has 2 nitrogen and oxygen atoms in total. The zero-order valence-corrected chi connectivity index (χ0v) is 10.3. The molecule has 0 aromatic carbocycles. The molecule has 0 amide bonds. The van der Waals surface area contributed by atoms with Gasteiger partial charge < -0.3 is 5.32 Å². The van der Waals surface area contributed by atoms with Gasteiger partial charge in [-0.3, -0.25) is 0 Å². The molecule has 4 heteroatoms. The summed E-state index contributed by atoms with van der Waals surface area (Å²) in [5.74, 6) is 1.31. The van der Waals surface area contributed by atoms with Gasteiger partial charge in [0.2, 0.25) is 0 Å². The first-order chi connectivity index (χ1) is 6.75. The van der Waals surface area contributed by atoms with E-state index in [0.29, 0.717) is 6.04 Å². The van der Waals surface area contributed by atoms with Crippen LogP contribution in [0.4, 0.5) is 0 Å². The average molecular weight is 228 g/mol. The van der Waals surface area contributed by atoms with Crippen LogP contribution in [0.15, 0.2) is 6.20 Å². The highest BCUT2D eigenvalue weighted by Crippen LogP contribution is 2.26. The highest BCUT2D eigenvalue weighted by molar-refractivity contribution is 8.00. The summed E-state index contributed by atoms with van der Waals surface area (Å²) in [7, 11) is 0. The normalized spacial score (nSPS) is 27.0. The van der Waals surface area contributed by atoms with Gasteiger partial charge in [-0.1, -0.05) is 6.92 Å². The van der Waals surface area contributed by atoms with Crippen molar-refractivity contribution in [2.45, 2.75) is 38.1 Å². The van der Waals surface area contributed by atoms with Crippen LogP contribution < -0.4 is 5.32 Å². The molecule has 2 unspecified atom stereocenters. The Balaban J connectivity index is 1.82. The van der Waals surface area contributed by atoms with Crippen molar-refractivity contribution in [2.75, 3.05) is 5.75 Å². The van der Waals surface area contributed by atoms with E-state index in [2.05, 4.69) is 35.9 Å². The second-order valence-electron chi connectivity index (χ2n) is 3.70. The predicted molar refractivity (Wildman–Crippen MR) is 64.0 cm³/mol. The lowest BCUT2D eigenvalue weighted by Gasteiger charge is -2.15. The van der Waals surface area contributed by atoms with Gasteiger partial charge >= 0.3 is 0 Å². The van der Waals surface area contributed by atoms with Crippen LogP contribution in [0.3, 0.4) is 0 Å². The molecular weight excluding hydrogens is 212 g/mol. The zero-order chi connectivity index (χ0) is 9.97. The third-order valence-electron chi connectivity index (χ3n) is 2.58. The molecule has 1 N–H and O–H groups in total. The van der Waals surface area contributed by atoms with Crippen molar-refractivity contribution in [3.05, 3.63) is 16.1 Å². The Morgan fingerprint density at radius 3 is 3.07 bits per heavy atom. The summed E-state index contributed by atoms with van der Waals surface area (Å²) in [5, 5.41) is 5.54. The highest BCUT2D eigenvalue weighted by Gasteiger charge is 2.23. The molecule has 1 aliphatic rings. The number of hydrogen-bond donors (Lipinski definition) is 1. The minimum Gasteiger partial charge on any atom is -0.308 e. The van der Waals surface area contributed by atoms with E-state index in [0.717, 1.165) is 16.8 Å².